The summed E-state index contributed by atoms with van der Waals surface area (Å²) in [5, 5.41) is 7.93. The first kappa shape index (κ1) is 15.7. The van der Waals surface area contributed by atoms with Gasteiger partial charge in [0.05, 0.1) is 12.7 Å². The largest absolute Gasteiger partial charge is 0.480 e. The van der Waals surface area contributed by atoms with E-state index < -0.39 is 0 Å². The van der Waals surface area contributed by atoms with Crippen molar-refractivity contribution in [3.05, 3.63) is 17.8 Å². The van der Waals surface area contributed by atoms with Gasteiger partial charge in [0.25, 0.3) is 0 Å². The van der Waals surface area contributed by atoms with Gasteiger partial charge in [0.1, 0.15) is 5.82 Å². The van der Waals surface area contributed by atoms with Gasteiger partial charge < -0.3 is 15.0 Å². The molecular formula is C16H28N4O. The molecule has 1 aliphatic rings. The van der Waals surface area contributed by atoms with Gasteiger partial charge in [-0.05, 0) is 12.8 Å². The lowest BCUT2D eigenvalue weighted by Gasteiger charge is -2.24. The number of anilines is 1. The quantitative estimate of drug-likeness (QED) is 0.906. The fourth-order valence-electron chi connectivity index (χ4n) is 2.64. The molecule has 0 amide bonds. The summed E-state index contributed by atoms with van der Waals surface area (Å²) in [5.41, 5.74) is 2.19. The SMILES string of the molecule is C=C(NCc1c(OC)nn(C)c1N1CCCC1)C(C)(C)C. The second-order valence-corrected chi connectivity index (χ2v) is 6.71. The number of methoxy groups -OCH3 is 1. The fourth-order valence-corrected chi connectivity index (χ4v) is 2.64. The minimum Gasteiger partial charge on any atom is -0.480 e. The molecule has 1 aliphatic heterocycles. The maximum Gasteiger partial charge on any atom is 0.239 e. The van der Waals surface area contributed by atoms with E-state index in [2.05, 4.69) is 42.7 Å². The summed E-state index contributed by atoms with van der Waals surface area (Å²) in [6.07, 6.45) is 2.49. The summed E-state index contributed by atoms with van der Waals surface area (Å²) in [5.74, 6) is 1.87. The second kappa shape index (κ2) is 6.00. The number of aryl methyl sites for hydroxylation is 1. The molecule has 2 rings (SSSR count). The number of nitrogens with zero attached hydrogens (tertiary/aromatic N) is 3. The van der Waals surface area contributed by atoms with Crippen molar-refractivity contribution in [3.8, 4) is 5.88 Å². The minimum atomic E-state index is 0.0449. The Hall–Kier alpha value is -1.65. The Balaban J connectivity index is 2.22. The summed E-state index contributed by atoms with van der Waals surface area (Å²) in [6.45, 7) is 13.5. The minimum absolute atomic E-state index is 0.0449. The zero-order valence-electron chi connectivity index (χ0n) is 14.0. The van der Waals surface area contributed by atoms with E-state index in [1.54, 1.807) is 7.11 Å². The van der Waals surface area contributed by atoms with E-state index in [9.17, 15) is 0 Å². The first-order chi connectivity index (χ1) is 9.84. The Bertz CT molecular complexity index is 507. The molecule has 118 valence electrons. The Labute approximate surface area is 128 Å². The maximum absolute atomic E-state index is 5.46. The Morgan fingerprint density at radius 2 is 1.95 bits per heavy atom. The normalized spacial score (nSPS) is 15.4. The number of rotatable bonds is 5. The van der Waals surface area contributed by atoms with Crippen LogP contribution in [0.25, 0.3) is 0 Å². The van der Waals surface area contributed by atoms with Crippen molar-refractivity contribution in [1.82, 2.24) is 15.1 Å². The predicted molar refractivity (Wildman–Crippen MR) is 86.6 cm³/mol. The van der Waals surface area contributed by atoms with E-state index in [0.29, 0.717) is 12.4 Å². The average molecular weight is 292 g/mol. The van der Waals surface area contributed by atoms with Gasteiger partial charge in [0.2, 0.25) is 5.88 Å². The molecule has 0 aliphatic carbocycles. The number of allylic oxidation sites excluding steroid dienone is 1. The van der Waals surface area contributed by atoms with E-state index in [1.165, 1.54) is 18.7 Å². The topological polar surface area (TPSA) is 42.3 Å². The van der Waals surface area contributed by atoms with Crippen molar-refractivity contribution in [2.75, 3.05) is 25.1 Å². The van der Waals surface area contributed by atoms with Crippen LogP contribution in [-0.4, -0.2) is 30.0 Å². The third kappa shape index (κ3) is 3.34. The fraction of sp³-hybridized carbons (Fsp3) is 0.688. The number of aromatic nitrogens is 2. The van der Waals surface area contributed by atoms with E-state index in [4.69, 9.17) is 4.74 Å². The van der Waals surface area contributed by atoms with Crippen molar-refractivity contribution in [3.63, 3.8) is 0 Å². The van der Waals surface area contributed by atoms with Gasteiger partial charge in [-0.2, -0.15) is 0 Å². The van der Waals surface area contributed by atoms with Gasteiger partial charge in [-0.1, -0.05) is 27.4 Å². The van der Waals surface area contributed by atoms with E-state index in [-0.39, 0.29) is 5.41 Å². The smallest absolute Gasteiger partial charge is 0.239 e. The zero-order valence-corrected chi connectivity index (χ0v) is 14.0. The van der Waals surface area contributed by atoms with Gasteiger partial charge in [-0.15, -0.1) is 5.10 Å². The number of nitrogens with one attached hydrogen (secondary N) is 1. The molecule has 0 spiro atoms. The molecule has 5 heteroatoms. The van der Waals surface area contributed by atoms with Crippen LogP contribution in [0.2, 0.25) is 0 Å². The van der Waals surface area contributed by atoms with Gasteiger partial charge >= 0.3 is 0 Å². The molecule has 1 aromatic heterocycles. The first-order valence-electron chi connectivity index (χ1n) is 7.62. The molecule has 21 heavy (non-hydrogen) atoms. The lowest BCUT2D eigenvalue weighted by atomic mass is 9.93. The summed E-state index contributed by atoms with van der Waals surface area (Å²) in [4.78, 5) is 2.40. The molecule has 0 aromatic carbocycles. The van der Waals surface area contributed by atoms with Crippen molar-refractivity contribution >= 4 is 5.82 Å². The van der Waals surface area contributed by atoms with Crippen LogP contribution >= 0.6 is 0 Å². The van der Waals surface area contributed by atoms with Crippen LogP contribution in [0, 0.1) is 5.41 Å². The molecule has 0 unspecified atom stereocenters. The highest BCUT2D eigenvalue weighted by Gasteiger charge is 2.25. The van der Waals surface area contributed by atoms with Crippen LogP contribution in [0.15, 0.2) is 12.3 Å². The van der Waals surface area contributed by atoms with Gasteiger partial charge in [-0.25, -0.2) is 4.68 Å². The highest BCUT2D eigenvalue weighted by molar-refractivity contribution is 5.53. The highest BCUT2D eigenvalue weighted by atomic mass is 16.5. The molecule has 0 saturated carbocycles. The zero-order chi connectivity index (χ0) is 15.6. The number of hydrogen-bond donors (Lipinski definition) is 1. The molecule has 1 aromatic rings. The molecular weight excluding hydrogens is 264 g/mol. The third-order valence-corrected chi connectivity index (χ3v) is 4.06. The molecule has 0 bridgehead atoms. The predicted octanol–water partition coefficient (Wildman–Crippen LogP) is 2.68. The molecule has 0 radical (unpaired) electrons. The molecule has 2 heterocycles. The number of ether oxygens (including phenoxy) is 1. The summed E-state index contributed by atoms with van der Waals surface area (Å²) < 4.78 is 7.39. The summed E-state index contributed by atoms with van der Waals surface area (Å²) in [7, 11) is 3.66. The van der Waals surface area contributed by atoms with E-state index >= 15 is 0 Å². The van der Waals surface area contributed by atoms with Gasteiger partial charge in [0, 0.05) is 37.8 Å². The molecule has 1 fully saturated rings. The highest BCUT2D eigenvalue weighted by Crippen LogP contribution is 2.31. The molecule has 0 atom stereocenters. The third-order valence-electron chi connectivity index (χ3n) is 4.06. The van der Waals surface area contributed by atoms with Crippen molar-refractivity contribution in [2.24, 2.45) is 12.5 Å². The molecule has 1 N–H and O–H groups in total. The maximum atomic E-state index is 5.46. The Morgan fingerprint density at radius 1 is 1.33 bits per heavy atom. The van der Waals surface area contributed by atoms with Gasteiger partial charge in [-0.3, -0.25) is 0 Å². The number of hydrogen-bond acceptors (Lipinski definition) is 4. The van der Waals surface area contributed by atoms with E-state index in [1.807, 2.05) is 11.7 Å². The van der Waals surface area contributed by atoms with Crippen LogP contribution in [0.3, 0.4) is 0 Å². The van der Waals surface area contributed by atoms with Crippen LogP contribution in [-0.2, 0) is 13.6 Å². The lowest BCUT2D eigenvalue weighted by Crippen LogP contribution is -2.26. The van der Waals surface area contributed by atoms with Crippen molar-refractivity contribution < 1.29 is 4.74 Å². The first-order valence-corrected chi connectivity index (χ1v) is 7.62. The summed E-state index contributed by atoms with van der Waals surface area (Å²) >= 11 is 0. The monoisotopic (exact) mass is 292 g/mol. The van der Waals surface area contributed by atoms with E-state index in [0.717, 1.165) is 24.4 Å². The second-order valence-electron chi connectivity index (χ2n) is 6.71. The standard InChI is InChI=1S/C16H28N4O/c1-12(16(2,3)4)17-11-13-14(21-6)18-19(5)15(13)20-9-7-8-10-20/h17H,1,7-11H2,2-6H3. The van der Waals surface area contributed by atoms with Crippen LogP contribution in [0.4, 0.5) is 5.82 Å². The Morgan fingerprint density at radius 3 is 2.48 bits per heavy atom. The molecule has 1 saturated heterocycles. The van der Waals surface area contributed by atoms with Gasteiger partial charge in [0.15, 0.2) is 0 Å². The van der Waals surface area contributed by atoms with Crippen molar-refractivity contribution in [2.45, 2.75) is 40.2 Å². The van der Waals surface area contributed by atoms with Crippen LogP contribution in [0.5, 0.6) is 5.88 Å². The van der Waals surface area contributed by atoms with Crippen molar-refractivity contribution in [1.29, 1.82) is 0 Å². The summed E-state index contributed by atoms with van der Waals surface area (Å²) in [6, 6.07) is 0. The Kier molecular flexibility index (Phi) is 4.49. The van der Waals surface area contributed by atoms with Crippen LogP contribution in [0.1, 0.15) is 39.2 Å². The average Bonchev–Trinajstić information content (AvgIpc) is 3.01. The molecule has 5 nitrogen and oxygen atoms in total. The lowest BCUT2D eigenvalue weighted by molar-refractivity contribution is 0.385. The van der Waals surface area contributed by atoms with Crippen LogP contribution < -0.4 is 15.0 Å².